The summed E-state index contributed by atoms with van der Waals surface area (Å²) in [5, 5.41) is 17.5. The summed E-state index contributed by atoms with van der Waals surface area (Å²) >= 11 is 1.61. The zero-order valence-corrected chi connectivity index (χ0v) is 18.4. The quantitative estimate of drug-likeness (QED) is 0.737. The van der Waals surface area contributed by atoms with Crippen molar-refractivity contribution in [1.29, 1.82) is 0 Å². The molecule has 1 amide bonds. The van der Waals surface area contributed by atoms with Crippen LogP contribution < -0.4 is 4.90 Å². The van der Waals surface area contributed by atoms with Crippen LogP contribution in [-0.2, 0) is 23.0 Å². The van der Waals surface area contributed by atoms with Gasteiger partial charge in [-0.1, -0.05) is 0 Å². The number of nitrogens with zero attached hydrogens (tertiary/aromatic N) is 6. The third-order valence-electron chi connectivity index (χ3n) is 6.74. The Morgan fingerprint density at radius 3 is 2.83 bits per heavy atom. The molecule has 4 atom stereocenters. The molecule has 162 valence electrons. The number of thiazole rings is 1. The van der Waals surface area contributed by atoms with Gasteiger partial charge in [-0.15, -0.1) is 11.3 Å². The second kappa shape index (κ2) is 7.28. The van der Waals surface area contributed by atoms with E-state index in [2.05, 4.69) is 20.0 Å². The number of hydrogen-bond acceptors (Lipinski definition) is 8. The number of aliphatic hydroxyl groups excluding tert-OH is 1. The van der Waals surface area contributed by atoms with E-state index >= 15 is 0 Å². The highest BCUT2D eigenvalue weighted by molar-refractivity contribution is 7.09. The van der Waals surface area contributed by atoms with Gasteiger partial charge < -0.3 is 19.6 Å². The van der Waals surface area contributed by atoms with Gasteiger partial charge in [-0.3, -0.25) is 4.79 Å². The number of aryl methyl sites for hydroxylation is 4. The van der Waals surface area contributed by atoms with Crippen molar-refractivity contribution in [3.05, 3.63) is 21.9 Å². The predicted octanol–water partition coefficient (Wildman–Crippen LogP) is 0.546. The monoisotopic (exact) mass is 432 g/mol. The highest BCUT2D eigenvalue weighted by atomic mass is 32.1. The van der Waals surface area contributed by atoms with Crippen LogP contribution in [0, 0.1) is 25.7 Å². The number of morpholine rings is 1. The molecule has 30 heavy (non-hydrogen) atoms. The lowest BCUT2D eigenvalue weighted by molar-refractivity contribution is -0.133. The van der Waals surface area contributed by atoms with Gasteiger partial charge in [-0.2, -0.15) is 10.1 Å². The highest BCUT2D eigenvalue weighted by Crippen LogP contribution is 2.49. The molecule has 3 fully saturated rings. The standard InChI is InChI=1S/C20H28N6O3S/c1-12-21-19(24(3)23-12)26-7-17-15(8-27)16-6-25(10-20(16,11-26)29-17)18(28)5-4-14-9-30-13(2)22-14/h9,15-17,27H,4-8,10-11H2,1-3H3/t15-,16+,17+,20-/m0/s1. The highest BCUT2D eigenvalue weighted by Gasteiger charge is 2.63. The molecular formula is C20H28N6O3S. The molecule has 0 aromatic carbocycles. The number of aliphatic hydroxyl groups is 1. The number of anilines is 1. The number of amides is 1. The molecule has 9 nitrogen and oxygen atoms in total. The number of likely N-dealkylation sites (tertiary alicyclic amines) is 1. The van der Waals surface area contributed by atoms with Crippen LogP contribution in [0.1, 0.15) is 22.9 Å². The van der Waals surface area contributed by atoms with E-state index in [0.717, 1.165) is 22.5 Å². The van der Waals surface area contributed by atoms with Crippen LogP contribution in [0.2, 0.25) is 0 Å². The molecule has 0 radical (unpaired) electrons. The average molecular weight is 433 g/mol. The predicted molar refractivity (Wildman–Crippen MR) is 111 cm³/mol. The SMILES string of the molecule is Cc1nc(N2C[C@H]3O[C@@]4(CN(C(=O)CCc5csc(C)n5)C[C@@H]4[C@@H]3CO)C2)n(C)n1. The van der Waals surface area contributed by atoms with Crippen molar-refractivity contribution in [3.8, 4) is 0 Å². The third-order valence-corrected chi connectivity index (χ3v) is 7.57. The first-order valence-corrected chi connectivity index (χ1v) is 11.4. The van der Waals surface area contributed by atoms with Crippen LogP contribution in [-0.4, -0.2) is 80.2 Å². The molecule has 1 spiro atoms. The van der Waals surface area contributed by atoms with Crippen LogP contribution in [0.3, 0.4) is 0 Å². The lowest BCUT2D eigenvalue weighted by Crippen LogP contribution is -2.55. The lowest BCUT2D eigenvalue weighted by atomic mass is 9.83. The molecular weight excluding hydrogens is 404 g/mol. The number of carbonyl (C=O) groups excluding carboxylic acids is 1. The topological polar surface area (TPSA) is 96.6 Å². The molecule has 2 aromatic heterocycles. The average Bonchev–Trinajstić information content (AvgIpc) is 3.41. The van der Waals surface area contributed by atoms with Gasteiger partial charge in [-0.05, 0) is 20.3 Å². The van der Waals surface area contributed by atoms with Crippen LogP contribution in [0.5, 0.6) is 0 Å². The molecule has 3 aliphatic rings. The number of rotatable bonds is 5. The summed E-state index contributed by atoms with van der Waals surface area (Å²) in [4.78, 5) is 26.1. The van der Waals surface area contributed by atoms with E-state index in [1.54, 1.807) is 16.0 Å². The summed E-state index contributed by atoms with van der Waals surface area (Å²) in [6.07, 6.45) is 1.06. The Balaban J connectivity index is 1.33. The van der Waals surface area contributed by atoms with Gasteiger partial charge in [0.25, 0.3) is 0 Å². The van der Waals surface area contributed by atoms with E-state index < -0.39 is 5.60 Å². The van der Waals surface area contributed by atoms with E-state index in [1.165, 1.54) is 0 Å². The Bertz CT molecular complexity index is 960. The van der Waals surface area contributed by atoms with Crippen LogP contribution in [0.25, 0.3) is 0 Å². The molecule has 3 aliphatic heterocycles. The molecule has 10 heteroatoms. The van der Waals surface area contributed by atoms with E-state index in [-0.39, 0.29) is 30.5 Å². The summed E-state index contributed by atoms with van der Waals surface area (Å²) in [6.45, 7) is 6.49. The second-order valence-electron chi connectivity index (χ2n) is 8.77. The maximum Gasteiger partial charge on any atom is 0.223 e. The smallest absolute Gasteiger partial charge is 0.223 e. The first-order valence-electron chi connectivity index (χ1n) is 10.5. The van der Waals surface area contributed by atoms with Gasteiger partial charge in [0, 0.05) is 50.4 Å². The van der Waals surface area contributed by atoms with Gasteiger partial charge in [0.1, 0.15) is 11.4 Å². The maximum atomic E-state index is 13.0. The van der Waals surface area contributed by atoms with Gasteiger partial charge >= 0.3 is 0 Å². The Kier molecular flexibility index (Phi) is 4.83. The Morgan fingerprint density at radius 2 is 2.17 bits per heavy atom. The van der Waals surface area contributed by atoms with E-state index in [1.807, 2.05) is 31.2 Å². The van der Waals surface area contributed by atoms with Gasteiger partial charge in [-0.25, -0.2) is 9.67 Å². The van der Waals surface area contributed by atoms with E-state index in [9.17, 15) is 9.90 Å². The van der Waals surface area contributed by atoms with Crippen molar-refractivity contribution in [1.82, 2.24) is 24.6 Å². The van der Waals surface area contributed by atoms with E-state index in [4.69, 9.17) is 4.74 Å². The number of fused-ring (bicyclic) bond motifs is 1. The van der Waals surface area contributed by atoms with Crippen molar-refractivity contribution < 1.29 is 14.6 Å². The first kappa shape index (κ1) is 19.9. The molecule has 0 saturated carbocycles. The van der Waals surface area contributed by atoms with Crippen molar-refractivity contribution in [2.45, 2.75) is 38.4 Å². The summed E-state index contributed by atoms with van der Waals surface area (Å²) in [7, 11) is 1.90. The van der Waals surface area contributed by atoms with Crippen molar-refractivity contribution in [3.63, 3.8) is 0 Å². The fourth-order valence-electron chi connectivity index (χ4n) is 5.47. The molecule has 5 rings (SSSR count). The van der Waals surface area contributed by atoms with Gasteiger partial charge in [0.2, 0.25) is 11.9 Å². The second-order valence-corrected chi connectivity index (χ2v) is 9.83. The normalized spacial score (nSPS) is 30.2. The van der Waals surface area contributed by atoms with Crippen LogP contribution >= 0.6 is 11.3 Å². The summed E-state index contributed by atoms with van der Waals surface area (Å²) < 4.78 is 8.29. The minimum absolute atomic E-state index is 0.0308. The van der Waals surface area contributed by atoms with Crippen molar-refractivity contribution >= 4 is 23.2 Å². The molecule has 5 heterocycles. The molecule has 0 aliphatic carbocycles. The van der Waals surface area contributed by atoms with E-state index in [0.29, 0.717) is 39.0 Å². The zero-order valence-electron chi connectivity index (χ0n) is 17.6. The first-order chi connectivity index (χ1) is 14.4. The number of hydrogen-bond donors (Lipinski definition) is 1. The Hall–Kier alpha value is -2.04. The Morgan fingerprint density at radius 1 is 1.33 bits per heavy atom. The number of carbonyl (C=O) groups is 1. The molecule has 3 saturated heterocycles. The summed E-state index contributed by atoms with van der Waals surface area (Å²) in [5.74, 6) is 1.86. The molecule has 0 unspecified atom stereocenters. The lowest BCUT2D eigenvalue weighted by Gasteiger charge is -2.40. The third kappa shape index (κ3) is 3.21. The fraction of sp³-hybridized carbons (Fsp3) is 0.700. The zero-order chi connectivity index (χ0) is 21.0. The summed E-state index contributed by atoms with van der Waals surface area (Å²) in [5.41, 5.74) is 0.526. The van der Waals surface area contributed by atoms with Crippen LogP contribution in [0.15, 0.2) is 5.38 Å². The van der Waals surface area contributed by atoms with Crippen molar-refractivity contribution in [2.24, 2.45) is 18.9 Å². The van der Waals surface area contributed by atoms with Crippen LogP contribution in [0.4, 0.5) is 5.95 Å². The summed E-state index contributed by atoms with van der Waals surface area (Å²) in [6, 6.07) is 0. The molecule has 1 N–H and O–H groups in total. The molecule has 2 bridgehead atoms. The fourth-order valence-corrected chi connectivity index (χ4v) is 6.12. The Labute approximate surface area is 179 Å². The molecule has 2 aromatic rings. The van der Waals surface area contributed by atoms with Gasteiger partial charge in [0.15, 0.2) is 0 Å². The minimum Gasteiger partial charge on any atom is -0.396 e. The number of aromatic nitrogens is 4. The largest absolute Gasteiger partial charge is 0.396 e. The minimum atomic E-state index is -0.455. The van der Waals surface area contributed by atoms with Gasteiger partial charge in [0.05, 0.1) is 29.9 Å². The van der Waals surface area contributed by atoms with Crippen molar-refractivity contribution in [2.75, 3.05) is 37.7 Å². The number of ether oxygens (including phenoxy) is 1. The maximum absolute atomic E-state index is 13.0.